The van der Waals surface area contributed by atoms with Crippen molar-refractivity contribution in [2.24, 2.45) is 4.99 Å². The molecule has 0 fully saturated rings. The van der Waals surface area contributed by atoms with E-state index in [1.165, 1.54) is 0 Å². The number of amides is 1. The molecule has 0 aliphatic carbocycles. The van der Waals surface area contributed by atoms with Gasteiger partial charge in [-0.05, 0) is 61.9 Å². The molecule has 0 aliphatic heterocycles. The summed E-state index contributed by atoms with van der Waals surface area (Å²) >= 11 is 0. The van der Waals surface area contributed by atoms with Crippen LogP contribution < -0.4 is 15.5 Å². The third-order valence-electron chi connectivity index (χ3n) is 4.82. The second-order valence-electron chi connectivity index (χ2n) is 7.94. The maximum atomic E-state index is 12.5. The molecule has 0 atom stereocenters. The Balaban J connectivity index is 1.97. The maximum absolute atomic E-state index is 12.5. The number of anilines is 2. The van der Waals surface area contributed by atoms with E-state index in [9.17, 15) is 4.79 Å². The Hall–Kier alpha value is -3.80. The number of aliphatic imine (C=N–C) groups is 1. The second-order valence-corrected chi connectivity index (χ2v) is 7.94. The van der Waals surface area contributed by atoms with Crippen molar-refractivity contribution >= 4 is 28.8 Å². The molecule has 0 aromatic heterocycles. The van der Waals surface area contributed by atoms with Gasteiger partial charge in [0.15, 0.2) is 0 Å². The minimum atomic E-state index is -0.150. The fourth-order valence-electron chi connectivity index (χ4n) is 2.81. The largest absolute Gasteiger partial charge is 0.378 e. The second kappa shape index (κ2) is 11.0. The molecule has 0 aliphatic rings. The zero-order valence-electron chi connectivity index (χ0n) is 19.9. The molecule has 2 aromatic rings. The molecule has 2 aromatic carbocycles. The highest BCUT2D eigenvalue weighted by atomic mass is 16.1. The molecule has 6 heteroatoms. The Morgan fingerprint density at radius 1 is 0.906 bits per heavy atom. The van der Waals surface area contributed by atoms with Crippen molar-refractivity contribution in [1.82, 2.24) is 10.2 Å². The van der Waals surface area contributed by atoms with Crippen LogP contribution in [0.25, 0.3) is 5.70 Å². The number of benzene rings is 2. The molecule has 0 radical (unpaired) electrons. The van der Waals surface area contributed by atoms with Crippen LogP contribution in [0.5, 0.6) is 0 Å². The van der Waals surface area contributed by atoms with Gasteiger partial charge in [-0.15, -0.1) is 0 Å². The van der Waals surface area contributed by atoms with E-state index in [2.05, 4.69) is 28.8 Å². The van der Waals surface area contributed by atoms with Crippen LogP contribution in [0.2, 0.25) is 0 Å². The van der Waals surface area contributed by atoms with Gasteiger partial charge in [0.2, 0.25) is 0 Å². The highest BCUT2D eigenvalue weighted by Crippen LogP contribution is 2.18. The summed E-state index contributed by atoms with van der Waals surface area (Å²) in [6, 6.07) is 15.0. The Morgan fingerprint density at radius 3 is 2.00 bits per heavy atom. The van der Waals surface area contributed by atoms with Crippen molar-refractivity contribution in [3.8, 4) is 0 Å². The number of allylic oxidation sites excluding steroid dienone is 2. The van der Waals surface area contributed by atoms with Crippen molar-refractivity contribution in [2.75, 3.05) is 38.4 Å². The lowest BCUT2D eigenvalue weighted by Crippen LogP contribution is -2.18. The molecule has 0 heterocycles. The molecule has 0 unspecified atom stereocenters. The number of carbonyl (C=O) groups is 1. The summed E-state index contributed by atoms with van der Waals surface area (Å²) in [4.78, 5) is 20.9. The standard InChI is InChI=1S/C26H33N5O/c1-18(17-19(2)28-21(4)30(5)6)27-20(3)22-9-13-24(14-10-22)29-26(32)23-11-15-25(16-12-23)31(7)8/h9-17,27H,1,3H2,2,4-8H3,(H,29,32)/b19-17+,28-21+. The molecule has 0 spiro atoms. The van der Waals surface area contributed by atoms with Crippen LogP contribution in [0, 0.1) is 0 Å². The molecule has 0 saturated carbocycles. The van der Waals surface area contributed by atoms with Gasteiger partial charge in [-0.25, -0.2) is 4.99 Å². The summed E-state index contributed by atoms with van der Waals surface area (Å²) in [5.74, 6) is 0.763. The van der Waals surface area contributed by atoms with E-state index in [-0.39, 0.29) is 5.91 Å². The smallest absolute Gasteiger partial charge is 0.255 e. The SMILES string of the molecule is C=C(/C=C(C)/N=C(\C)N(C)C)NC(=C)c1ccc(NC(=O)c2ccc(N(C)C)cc2)cc1. The van der Waals surface area contributed by atoms with Crippen LogP contribution in [0.1, 0.15) is 29.8 Å². The first kappa shape index (κ1) is 24.5. The summed E-state index contributed by atoms with van der Waals surface area (Å²) < 4.78 is 0. The molecule has 0 bridgehead atoms. The first-order valence-corrected chi connectivity index (χ1v) is 10.3. The first-order valence-electron chi connectivity index (χ1n) is 10.3. The lowest BCUT2D eigenvalue weighted by atomic mass is 10.1. The summed E-state index contributed by atoms with van der Waals surface area (Å²) in [7, 11) is 7.83. The van der Waals surface area contributed by atoms with E-state index < -0.39 is 0 Å². The Morgan fingerprint density at radius 2 is 1.47 bits per heavy atom. The van der Waals surface area contributed by atoms with E-state index in [1.807, 2.05) is 106 Å². The average molecular weight is 432 g/mol. The first-order chi connectivity index (χ1) is 15.1. The van der Waals surface area contributed by atoms with Gasteiger partial charge >= 0.3 is 0 Å². The fourth-order valence-corrected chi connectivity index (χ4v) is 2.81. The lowest BCUT2D eigenvalue weighted by molar-refractivity contribution is 0.102. The third kappa shape index (κ3) is 7.16. The molecule has 32 heavy (non-hydrogen) atoms. The zero-order chi connectivity index (χ0) is 23.8. The van der Waals surface area contributed by atoms with Crippen molar-refractivity contribution in [3.63, 3.8) is 0 Å². The zero-order valence-corrected chi connectivity index (χ0v) is 19.9. The van der Waals surface area contributed by atoms with E-state index >= 15 is 0 Å². The van der Waals surface area contributed by atoms with E-state index in [1.54, 1.807) is 0 Å². The molecular weight excluding hydrogens is 398 g/mol. The number of nitrogens with one attached hydrogen (secondary N) is 2. The highest BCUT2D eigenvalue weighted by Gasteiger charge is 2.07. The van der Waals surface area contributed by atoms with Gasteiger partial charge in [-0.3, -0.25) is 4.79 Å². The normalized spacial score (nSPS) is 11.6. The van der Waals surface area contributed by atoms with Crippen molar-refractivity contribution in [3.05, 3.63) is 90.3 Å². The molecule has 6 nitrogen and oxygen atoms in total. The van der Waals surface area contributed by atoms with Gasteiger partial charge in [0, 0.05) is 62.2 Å². The summed E-state index contributed by atoms with van der Waals surface area (Å²) in [6.45, 7) is 12.0. The average Bonchev–Trinajstić information content (AvgIpc) is 2.73. The maximum Gasteiger partial charge on any atom is 0.255 e. The van der Waals surface area contributed by atoms with Gasteiger partial charge in [0.1, 0.15) is 5.84 Å². The van der Waals surface area contributed by atoms with E-state index in [0.717, 1.165) is 22.8 Å². The number of rotatable bonds is 8. The van der Waals surface area contributed by atoms with Crippen LogP contribution in [0.3, 0.4) is 0 Å². The number of carbonyl (C=O) groups excluding carboxylic acids is 1. The highest BCUT2D eigenvalue weighted by molar-refractivity contribution is 6.04. The third-order valence-corrected chi connectivity index (χ3v) is 4.82. The van der Waals surface area contributed by atoms with Crippen LogP contribution in [-0.2, 0) is 0 Å². The lowest BCUT2D eigenvalue weighted by Gasteiger charge is -2.13. The number of hydrogen-bond acceptors (Lipinski definition) is 4. The number of hydrogen-bond donors (Lipinski definition) is 2. The molecule has 0 saturated heterocycles. The van der Waals surface area contributed by atoms with Gasteiger partial charge in [0.05, 0.1) is 0 Å². The monoisotopic (exact) mass is 431 g/mol. The van der Waals surface area contributed by atoms with Crippen LogP contribution in [0.15, 0.2) is 84.2 Å². The minimum Gasteiger partial charge on any atom is -0.378 e. The molecule has 2 rings (SSSR count). The Kier molecular flexibility index (Phi) is 8.41. The van der Waals surface area contributed by atoms with Crippen LogP contribution >= 0.6 is 0 Å². The summed E-state index contributed by atoms with van der Waals surface area (Å²) in [5.41, 5.74) is 5.52. The topological polar surface area (TPSA) is 60.0 Å². The molecule has 168 valence electrons. The quantitative estimate of drug-likeness (QED) is 0.352. The van der Waals surface area contributed by atoms with Crippen molar-refractivity contribution in [2.45, 2.75) is 13.8 Å². The van der Waals surface area contributed by atoms with Crippen molar-refractivity contribution in [1.29, 1.82) is 0 Å². The van der Waals surface area contributed by atoms with Crippen LogP contribution in [0.4, 0.5) is 11.4 Å². The van der Waals surface area contributed by atoms with Gasteiger partial charge in [-0.1, -0.05) is 25.3 Å². The minimum absolute atomic E-state index is 0.150. The molecule has 2 N–H and O–H groups in total. The van der Waals surface area contributed by atoms with Gasteiger partial charge < -0.3 is 20.4 Å². The Labute approximate surface area is 191 Å². The summed E-state index contributed by atoms with van der Waals surface area (Å²) in [5, 5.41) is 6.11. The number of nitrogens with zero attached hydrogens (tertiary/aromatic N) is 3. The van der Waals surface area contributed by atoms with Crippen LogP contribution in [-0.4, -0.2) is 44.8 Å². The van der Waals surface area contributed by atoms with E-state index in [4.69, 9.17) is 0 Å². The fraction of sp³-hybridized carbons (Fsp3) is 0.231. The summed E-state index contributed by atoms with van der Waals surface area (Å²) in [6.07, 6.45) is 1.87. The van der Waals surface area contributed by atoms with Crippen molar-refractivity contribution < 1.29 is 4.79 Å². The predicted octanol–water partition coefficient (Wildman–Crippen LogP) is 4.96. The number of amidine groups is 1. The van der Waals surface area contributed by atoms with Gasteiger partial charge in [-0.2, -0.15) is 0 Å². The predicted molar refractivity (Wildman–Crippen MR) is 137 cm³/mol. The Bertz CT molecular complexity index is 1030. The van der Waals surface area contributed by atoms with Gasteiger partial charge in [0.25, 0.3) is 5.91 Å². The molecular formula is C26H33N5O. The van der Waals surface area contributed by atoms with E-state index in [0.29, 0.717) is 22.6 Å². The molecule has 1 amide bonds.